The number of hydrogen-bond donors (Lipinski definition) is 1. The van der Waals surface area contributed by atoms with Crippen LogP contribution in [-0.4, -0.2) is 16.0 Å². The summed E-state index contributed by atoms with van der Waals surface area (Å²) >= 11 is 0. The molecule has 0 saturated heterocycles. The van der Waals surface area contributed by atoms with Crippen molar-refractivity contribution in [3.05, 3.63) is 11.8 Å². The highest BCUT2D eigenvalue weighted by Gasteiger charge is 2.42. The second-order valence-electron chi connectivity index (χ2n) is 4.71. The smallest absolute Gasteiger partial charge is 0.384 e. The van der Waals surface area contributed by atoms with E-state index in [0.717, 1.165) is 12.1 Å². The minimum atomic E-state index is -4.10. The first-order chi connectivity index (χ1) is 7.88. The number of halogens is 3. The third-order valence-electron chi connectivity index (χ3n) is 3.34. The third kappa shape index (κ3) is 2.56. The van der Waals surface area contributed by atoms with Crippen LogP contribution in [0.3, 0.4) is 0 Å². The molecule has 17 heavy (non-hydrogen) atoms. The topological polar surface area (TPSA) is 43.8 Å². The van der Waals surface area contributed by atoms with E-state index in [9.17, 15) is 13.2 Å². The van der Waals surface area contributed by atoms with E-state index in [1.54, 1.807) is 17.7 Å². The second kappa shape index (κ2) is 4.23. The molecule has 6 heteroatoms. The molecule has 1 aliphatic rings. The summed E-state index contributed by atoms with van der Waals surface area (Å²) in [6, 6.07) is 1.47. The Bertz CT molecular complexity index is 397. The van der Waals surface area contributed by atoms with E-state index in [1.165, 1.54) is 0 Å². The third-order valence-corrected chi connectivity index (χ3v) is 3.34. The predicted molar refractivity (Wildman–Crippen MR) is 58.4 cm³/mol. The fourth-order valence-electron chi connectivity index (χ4n) is 2.51. The van der Waals surface area contributed by atoms with Gasteiger partial charge in [-0.3, -0.25) is 0 Å². The van der Waals surface area contributed by atoms with E-state index in [1.807, 2.05) is 0 Å². The number of nitrogens with zero attached hydrogens (tertiary/aromatic N) is 2. The highest BCUT2D eigenvalue weighted by Crippen LogP contribution is 2.42. The van der Waals surface area contributed by atoms with Gasteiger partial charge in [0.15, 0.2) is 0 Å². The van der Waals surface area contributed by atoms with Crippen molar-refractivity contribution in [2.75, 3.05) is 5.73 Å². The highest BCUT2D eigenvalue weighted by atomic mass is 19.4. The molecule has 1 aromatic rings. The Morgan fingerprint density at radius 2 is 2.12 bits per heavy atom. The highest BCUT2D eigenvalue weighted by molar-refractivity contribution is 5.30. The average Bonchev–Trinajstić information content (AvgIpc) is 2.57. The van der Waals surface area contributed by atoms with Crippen molar-refractivity contribution >= 4 is 5.82 Å². The lowest BCUT2D eigenvalue weighted by molar-refractivity contribution is -0.185. The molecule has 0 amide bonds. The summed E-state index contributed by atoms with van der Waals surface area (Å²) in [4.78, 5) is 0. The predicted octanol–water partition coefficient (Wildman–Crippen LogP) is 3.07. The Hall–Kier alpha value is -1.20. The first kappa shape index (κ1) is 12.3. The summed E-state index contributed by atoms with van der Waals surface area (Å²) in [5.74, 6) is -0.763. The lowest BCUT2D eigenvalue weighted by Gasteiger charge is -2.31. The standard InChI is InChI=1S/C11H16F3N3/c1-7-5-10(15)17(16-7)9-4-2-3-8(6-9)11(12,13)14/h5,8-9H,2-4,6,15H2,1H3. The molecule has 1 heterocycles. The molecule has 96 valence electrons. The van der Waals surface area contributed by atoms with Gasteiger partial charge in [0, 0.05) is 6.07 Å². The lowest BCUT2D eigenvalue weighted by Crippen LogP contribution is -2.30. The summed E-state index contributed by atoms with van der Waals surface area (Å²) in [7, 11) is 0. The molecule has 0 aromatic carbocycles. The van der Waals surface area contributed by atoms with Crippen molar-refractivity contribution in [1.82, 2.24) is 9.78 Å². The molecule has 1 fully saturated rings. The van der Waals surface area contributed by atoms with Crippen molar-refractivity contribution in [1.29, 1.82) is 0 Å². The molecule has 0 spiro atoms. The Labute approximate surface area is 97.8 Å². The quantitative estimate of drug-likeness (QED) is 0.828. The van der Waals surface area contributed by atoms with Crippen LogP contribution in [0.25, 0.3) is 0 Å². The maximum atomic E-state index is 12.7. The zero-order chi connectivity index (χ0) is 12.6. The van der Waals surface area contributed by atoms with Crippen LogP contribution in [0.15, 0.2) is 6.07 Å². The first-order valence-corrected chi connectivity index (χ1v) is 5.76. The van der Waals surface area contributed by atoms with Crippen LogP contribution < -0.4 is 5.73 Å². The molecule has 2 N–H and O–H groups in total. The molecule has 0 aliphatic heterocycles. The first-order valence-electron chi connectivity index (χ1n) is 5.76. The zero-order valence-corrected chi connectivity index (χ0v) is 9.67. The van der Waals surface area contributed by atoms with Crippen molar-refractivity contribution in [2.24, 2.45) is 5.92 Å². The van der Waals surface area contributed by atoms with Gasteiger partial charge in [0.1, 0.15) is 5.82 Å². The van der Waals surface area contributed by atoms with Gasteiger partial charge in [-0.25, -0.2) is 4.68 Å². The monoisotopic (exact) mass is 247 g/mol. The van der Waals surface area contributed by atoms with Crippen LogP contribution >= 0.6 is 0 Å². The van der Waals surface area contributed by atoms with Crippen LogP contribution in [0.2, 0.25) is 0 Å². The summed E-state index contributed by atoms with van der Waals surface area (Å²) in [5.41, 5.74) is 6.49. The van der Waals surface area contributed by atoms with Crippen LogP contribution in [0, 0.1) is 12.8 Å². The van der Waals surface area contributed by atoms with Gasteiger partial charge in [-0.15, -0.1) is 0 Å². The van der Waals surface area contributed by atoms with E-state index in [2.05, 4.69) is 5.10 Å². The summed E-state index contributed by atoms with van der Waals surface area (Å²) in [6.07, 6.45) is -2.49. The number of nitrogen functional groups attached to an aromatic ring is 1. The molecule has 1 saturated carbocycles. The van der Waals surface area contributed by atoms with Crippen molar-refractivity contribution < 1.29 is 13.2 Å². The molecule has 0 radical (unpaired) electrons. The van der Waals surface area contributed by atoms with Gasteiger partial charge in [-0.1, -0.05) is 6.42 Å². The van der Waals surface area contributed by atoms with Crippen LogP contribution in [-0.2, 0) is 0 Å². The summed E-state index contributed by atoms with van der Waals surface area (Å²) in [5, 5.41) is 4.17. The van der Waals surface area contributed by atoms with Crippen molar-refractivity contribution in [2.45, 2.75) is 44.8 Å². The second-order valence-corrected chi connectivity index (χ2v) is 4.71. The number of aromatic nitrogens is 2. The van der Waals surface area contributed by atoms with E-state index < -0.39 is 12.1 Å². The van der Waals surface area contributed by atoms with E-state index >= 15 is 0 Å². The van der Waals surface area contributed by atoms with E-state index in [4.69, 9.17) is 5.73 Å². The fraction of sp³-hybridized carbons (Fsp3) is 0.727. The number of nitrogens with two attached hydrogens (primary N) is 1. The van der Waals surface area contributed by atoms with Gasteiger partial charge in [-0.2, -0.15) is 18.3 Å². The molecular formula is C11H16F3N3. The van der Waals surface area contributed by atoms with Crippen LogP contribution in [0.4, 0.5) is 19.0 Å². The SMILES string of the molecule is Cc1cc(N)n(C2CCCC(C(F)(F)F)C2)n1. The number of rotatable bonds is 1. The Morgan fingerprint density at radius 3 is 2.65 bits per heavy atom. The minimum absolute atomic E-state index is 0.0921. The largest absolute Gasteiger partial charge is 0.391 e. The molecule has 2 rings (SSSR count). The fourth-order valence-corrected chi connectivity index (χ4v) is 2.51. The van der Waals surface area contributed by atoms with Crippen molar-refractivity contribution in [3.63, 3.8) is 0 Å². The molecule has 1 aliphatic carbocycles. The number of anilines is 1. The average molecular weight is 247 g/mol. The zero-order valence-electron chi connectivity index (χ0n) is 9.67. The van der Waals surface area contributed by atoms with Gasteiger partial charge in [0.25, 0.3) is 0 Å². The molecule has 2 atom stereocenters. The number of alkyl halides is 3. The molecular weight excluding hydrogens is 231 g/mol. The Morgan fingerprint density at radius 1 is 1.41 bits per heavy atom. The molecule has 0 bridgehead atoms. The lowest BCUT2D eigenvalue weighted by atomic mass is 9.85. The number of aryl methyl sites for hydroxylation is 1. The van der Waals surface area contributed by atoms with Gasteiger partial charge < -0.3 is 5.73 Å². The van der Waals surface area contributed by atoms with Crippen molar-refractivity contribution in [3.8, 4) is 0 Å². The summed E-state index contributed by atoms with van der Waals surface area (Å²) in [6.45, 7) is 1.79. The van der Waals surface area contributed by atoms with Crippen LogP contribution in [0.5, 0.6) is 0 Å². The molecule has 3 nitrogen and oxygen atoms in total. The van der Waals surface area contributed by atoms with E-state index in [-0.39, 0.29) is 18.9 Å². The number of hydrogen-bond acceptors (Lipinski definition) is 2. The Balaban J connectivity index is 2.15. The van der Waals surface area contributed by atoms with Gasteiger partial charge in [0.05, 0.1) is 17.7 Å². The minimum Gasteiger partial charge on any atom is -0.384 e. The van der Waals surface area contributed by atoms with Gasteiger partial charge in [-0.05, 0) is 26.2 Å². The maximum absolute atomic E-state index is 12.7. The van der Waals surface area contributed by atoms with Gasteiger partial charge >= 0.3 is 6.18 Å². The summed E-state index contributed by atoms with van der Waals surface area (Å²) < 4.78 is 39.6. The normalized spacial score (nSPS) is 26.1. The van der Waals surface area contributed by atoms with E-state index in [0.29, 0.717) is 12.2 Å². The van der Waals surface area contributed by atoms with Crippen LogP contribution in [0.1, 0.15) is 37.4 Å². The maximum Gasteiger partial charge on any atom is 0.391 e. The Kier molecular flexibility index (Phi) is 3.05. The molecule has 2 unspecified atom stereocenters. The van der Waals surface area contributed by atoms with Gasteiger partial charge in [0.2, 0.25) is 0 Å². The molecule has 1 aromatic heterocycles.